The number of ether oxygens (including phenoxy) is 1. The van der Waals surface area contributed by atoms with Gasteiger partial charge in [-0.1, -0.05) is 19.1 Å². The number of aryl methyl sites for hydroxylation is 3. The van der Waals surface area contributed by atoms with Gasteiger partial charge in [0.2, 0.25) is 15.4 Å². The molecular formula is C23H27N2O3S+. The number of hydrogen-bond donors (Lipinski definition) is 0. The summed E-state index contributed by atoms with van der Waals surface area (Å²) in [6.45, 7) is 8.57. The lowest BCUT2D eigenvalue weighted by atomic mass is 10.1. The maximum Gasteiger partial charge on any atom is 0.214 e. The molecule has 0 aliphatic carbocycles. The molecular weight excluding hydrogens is 384 g/mol. The van der Waals surface area contributed by atoms with Crippen LogP contribution in [0.25, 0.3) is 10.9 Å². The zero-order chi connectivity index (χ0) is 20.6. The van der Waals surface area contributed by atoms with Crippen LogP contribution in [0.4, 0.5) is 5.69 Å². The van der Waals surface area contributed by atoms with E-state index in [0.717, 1.165) is 34.1 Å². The molecule has 0 saturated carbocycles. The number of H-pyrrole nitrogens is 1. The lowest BCUT2D eigenvalue weighted by molar-refractivity contribution is -0.347. The normalized spacial score (nSPS) is 15.1. The van der Waals surface area contributed by atoms with E-state index in [1.165, 1.54) is 5.56 Å². The molecule has 0 unspecified atom stereocenters. The van der Waals surface area contributed by atoms with Crippen molar-refractivity contribution in [2.45, 2.75) is 37.0 Å². The van der Waals surface area contributed by atoms with Crippen LogP contribution in [0.3, 0.4) is 0 Å². The second kappa shape index (κ2) is 7.76. The third kappa shape index (κ3) is 3.63. The van der Waals surface area contributed by atoms with Gasteiger partial charge in [0.05, 0.1) is 29.2 Å². The van der Waals surface area contributed by atoms with E-state index < -0.39 is 9.84 Å². The van der Waals surface area contributed by atoms with Crippen LogP contribution in [0.2, 0.25) is 0 Å². The molecule has 1 N–H and O–H groups in total. The predicted octanol–water partition coefficient (Wildman–Crippen LogP) is 3.50. The minimum Gasteiger partial charge on any atom is -0.378 e. The van der Waals surface area contributed by atoms with E-state index in [4.69, 9.17) is 4.74 Å². The van der Waals surface area contributed by atoms with Gasteiger partial charge in [-0.2, -0.15) is 0 Å². The SMILES string of the molecule is CCc1ccc2[nH+]cc(S(=O)(=O)c3ccc(C)c(C)c3)c(N3CCOCC3)c2c1. The van der Waals surface area contributed by atoms with Crippen molar-refractivity contribution in [3.05, 3.63) is 59.3 Å². The van der Waals surface area contributed by atoms with Crippen molar-refractivity contribution in [2.24, 2.45) is 0 Å². The summed E-state index contributed by atoms with van der Waals surface area (Å²) in [6, 6.07) is 11.6. The van der Waals surface area contributed by atoms with Crippen molar-refractivity contribution < 1.29 is 18.1 Å². The van der Waals surface area contributed by atoms with Gasteiger partial charge in [0, 0.05) is 19.2 Å². The first-order chi connectivity index (χ1) is 13.9. The number of benzene rings is 2. The highest BCUT2D eigenvalue weighted by Gasteiger charge is 2.30. The highest BCUT2D eigenvalue weighted by Crippen LogP contribution is 2.36. The van der Waals surface area contributed by atoms with Crippen LogP contribution in [-0.4, -0.2) is 34.7 Å². The summed E-state index contributed by atoms with van der Waals surface area (Å²) in [5.74, 6) is 0. The summed E-state index contributed by atoms with van der Waals surface area (Å²) >= 11 is 0. The van der Waals surface area contributed by atoms with E-state index in [2.05, 4.69) is 28.9 Å². The Labute approximate surface area is 172 Å². The molecule has 0 radical (unpaired) electrons. The number of sulfone groups is 1. The standard InChI is InChI=1S/C23H26N2O3S/c1-4-18-6-8-21-20(14-18)23(25-9-11-28-12-10-25)22(15-24-21)29(26,27)19-7-5-16(2)17(3)13-19/h5-8,13-15H,4,9-12H2,1-3H3/p+1. The number of pyridine rings is 1. The lowest BCUT2D eigenvalue weighted by Gasteiger charge is -2.30. The smallest absolute Gasteiger partial charge is 0.214 e. The second-order valence-electron chi connectivity index (χ2n) is 7.58. The second-order valence-corrected chi connectivity index (χ2v) is 9.50. The minimum absolute atomic E-state index is 0.323. The van der Waals surface area contributed by atoms with Gasteiger partial charge < -0.3 is 9.64 Å². The van der Waals surface area contributed by atoms with Crippen molar-refractivity contribution in [1.29, 1.82) is 0 Å². The summed E-state index contributed by atoms with van der Waals surface area (Å²) < 4.78 is 32.9. The Kier molecular flexibility index (Phi) is 5.32. The van der Waals surface area contributed by atoms with E-state index in [-0.39, 0.29) is 0 Å². The van der Waals surface area contributed by atoms with E-state index >= 15 is 0 Å². The molecule has 1 aliphatic rings. The van der Waals surface area contributed by atoms with Gasteiger partial charge in [-0.3, -0.25) is 0 Å². The van der Waals surface area contributed by atoms with Crippen molar-refractivity contribution in [1.82, 2.24) is 0 Å². The van der Waals surface area contributed by atoms with Crippen molar-refractivity contribution >= 4 is 26.4 Å². The number of rotatable bonds is 4. The molecule has 152 valence electrons. The van der Waals surface area contributed by atoms with Crippen LogP contribution in [0.15, 0.2) is 52.4 Å². The molecule has 0 bridgehead atoms. The fraction of sp³-hybridized carbons (Fsp3) is 0.348. The predicted molar refractivity (Wildman–Crippen MR) is 114 cm³/mol. The van der Waals surface area contributed by atoms with Crippen LogP contribution in [0.1, 0.15) is 23.6 Å². The molecule has 2 aromatic carbocycles. The fourth-order valence-corrected chi connectivity index (χ4v) is 5.34. The number of aromatic nitrogens is 1. The van der Waals surface area contributed by atoms with Gasteiger partial charge in [0.1, 0.15) is 0 Å². The molecule has 5 nitrogen and oxygen atoms in total. The third-order valence-electron chi connectivity index (χ3n) is 5.75. The third-order valence-corrected chi connectivity index (χ3v) is 7.51. The minimum atomic E-state index is -3.68. The first kappa shape index (κ1) is 19.9. The zero-order valence-corrected chi connectivity index (χ0v) is 18.0. The first-order valence-electron chi connectivity index (χ1n) is 10.0. The number of aromatic amines is 1. The Bertz CT molecular complexity index is 1170. The van der Waals surface area contributed by atoms with E-state index in [9.17, 15) is 8.42 Å². The van der Waals surface area contributed by atoms with Crippen LogP contribution in [-0.2, 0) is 21.0 Å². The van der Waals surface area contributed by atoms with Gasteiger partial charge in [0.25, 0.3) is 0 Å². The molecule has 0 atom stereocenters. The number of fused-ring (bicyclic) bond motifs is 1. The number of morpholine rings is 1. The van der Waals surface area contributed by atoms with Gasteiger partial charge in [-0.15, -0.1) is 0 Å². The molecule has 0 spiro atoms. The Hall–Kier alpha value is -2.44. The highest BCUT2D eigenvalue weighted by molar-refractivity contribution is 7.91. The topological polar surface area (TPSA) is 60.8 Å². The van der Waals surface area contributed by atoms with Crippen LogP contribution in [0.5, 0.6) is 0 Å². The van der Waals surface area contributed by atoms with Crippen LogP contribution < -0.4 is 9.88 Å². The molecule has 2 heterocycles. The van der Waals surface area contributed by atoms with Gasteiger partial charge >= 0.3 is 0 Å². The van der Waals surface area contributed by atoms with Crippen molar-refractivity contribution in [3.8, 4) is 0 Å². The molecule has 1 aliphatic heterocycles. The largest absolute Gasteiger partial charge is 0.378 e. The molecule has 1 fully saturated rings. The maximum absolute atomic E-state index is 13.7. The molecule has 0 amide bonds. The summed E-state index contributed by atoms with van der Waals surface area (Å²) in [6.07, 6.45) is 2.54. The summed E-state index contributed by atoms with van der Waals surface area (Å²) in [7, 11) is -3.68. The van der Waals surface area contributed by atoms with Gasteiger partial charge in [-0.05, 0) is 55.2 Å². The molecule has 29 heavy (non-hydrogen) atoms. The average Bonchev–Trinajstić information content (AvgIpc) is 2.74. The van der Waals surface area contributed by atoms with E-state index in [0.29, 0.717) is 36.1 Å². The summed E-state index contributed by atoms with van der Waals surface area (Å²) in [5, 5.41) is 0.941. The summed E-state index contributed by atoms with van der Waals surface area (Å²) in [5.41, 5.74) is 4.94. The van der Waals surface area contributed by atoms with Gasteiger partial charge in [0.15, 0.2) is 11.1 Å². The molecule has 1 aromatic heterocycles. The maximum atomic E-state index is 13.7. The molecule has 4 rings (SSSR count). The van der Waals surface area contributed by atoms with Crippen molar-refractivity contribution in [2.75, 3.05) is 31.2 Å². The van der Waals surface area contributed by atoms with Crippen LogP contribution in [0, 0.1) is 13.8 Å². The average molecular weight is 412 g/mol. The Morgan fingerprint density at radius 3 is 2.48 bits per heavy atom. The number of hydrogen-bond acceptors (Lipinski definition) is 4. The molecule has 3 aromatic rings. The van der Waals surface area contributed by atoms with Gasteiger partial charge in [-0.25, -0.2) is 13.4 Å². The number of nitrogens with zero attached hydrogens (tertiary/aromatic N) is 1. The zero-order valence-electron chi connectivity index (χ0n) is 17.2. The fourth-order valence-electron chi connectivity index (χ4n) is 3.80. The quantitative estimate of drug-likeness (QED) is 0.659. The number of anilines is 1. The highest BCUT2D eigenvalue weighted by atomic mass is 32.2. The number of nitrogens with one attached hydrogen (secondary N) is 1. The van der Waals surface area contributed by atoms with Crippen LogP contribution >= 0.6 is 0 Å². The molecule has 6 heteroatoms. The molecule has 1 saturated heterocycles. The van der Waals surface area contributed by atoms with Crippen molar-refractivity contribution in [3.63, 3.8) is 0 Å². The lowest BCUT2D eigenvalue weighted by Crippen LogP contribution is -2.37. The Morgan fingerprint density at radius 2 is 1.79 bits per heavy atom. The first-order valence-corrected chi connectivity index (χ1v) is 11.5. The Morgan fingerprint density at radius 1 is 1.03 bits per heavy atom. The van der Waals surface area contributed by atoms with E-state index in [1.54, 1.807) is 18.3 Å². The Balaban J connectivity index is 1.98. The summed E-state index contributed by atoms with van der Waals surface area (Å²) in [4.78, 5) is 6.01. The monoisotopic (exact) mass is 411 g/mol. The van der Waals surface area contributed by atoms with E-state index in [1.807, 2.05) is 26.0 Å².